The van der Waals surface area contributed by atoms with Crippen LogP contribution in [-0.4, -0.2) is 33.1 Å². The Bertz CT molecular complexity index is 1010. The molecule has 1 aromatic carbocycles. The van der Waals surface area contributed by atoms with E-state index in [2.05, 4.69) is 46.6 Å². The Hall–Kier alpha value is -2.37. The molecule has 3 aromatic rings. The number of rotatable bonds is 3. The molecule has 5 nitrogen and oxygen atoms in total. The quantitative estimate of drug-likeness (QED) is 0.762. The van der Waals surface area contributed by atoms with Crippen LogP contribution in [0.4, 0.5) is 0 Å². The van der Waals surface area contributed by atoms with Gasteiger partial charge in [0.15, 0.2) is 0 Å². The Morgan fingerprint density at radius 3 is 2.81 bits per heavy atom. The normalized spacial score (nSPS) is 17.2. The Labute approximate surface area is 152 Å². The number of nitrogens with zero attached hydrogens (tertiary/aromatic N) is 2. The van der Waals surface area contributed by atoms with Gasteiger partial charge in [-0.3, -0.25) is 4.79 Å². The number of H-pyrrole nitrogens is 1. The van der Waals surface area contributed by atoms with Crippen molar-refractivity contribution >= 4 is 10.9 Å². The van der Waals surface area contributed by atoms with Gasteiger partial charge in [-0.15, -0.1) is 0 Å². The molecule has 2 aromatic heterocycles. The van der Waals surface area contributed by atoms with Crippen LogP contribution in [0.15, 0.2) is 41.3 Å². The molecule has 136 valence electrons. The molecule has 4 rings (SSSR count). The largest absolute Gasteiger partial charge is 0.370 e. The lowest BCUT2D eigenvalue weighted by atomic mass is 10.0. The lowest BCUT2D eigenvalue weighted by Crippen LogP contribution is -2.36. The van der Waals surface area contributed by atoms with E-state index in [0.717, 1.165) is 30.6 Å². The summed E-state index contributed by atoms with van der Waals surface area (Å²) in [5.74, 6) is 0. The second-order valence-electron chi connectivity index (χ2n) is 7.72. The van der Waals surface area contributed by atoms with E-state index in [4.69, 9.17) is 0 Å². The second kappa shape index (κ2) is 6.11. The van der Waals surface area contributed by atoms with Gasteiger partial charge in [0.1, 0.15) is 5.72 Å². The Kier molecular flexibility index (Phi) is 4.01. The third-order valence-electron chi connectivity index (χ3n) is 5.36. The van der Waals surface area contributed by atoms with Crippen molar-refractivity contribution in [2.75, 3.05) is 13.6 Å². The molecule has 1 aliphatic heterocycles. The molecule has 0 spiro atoms. The SMILES string of the molecule is Cc1ccc2c(c1)c1c(n2C(C)(O)Cc2ccc(=O)[nH]c2)CCN(C)C1. The minimum atomic E-state index is -1.07. The summed E-state index contributed by atoms with van der Waals surface area (Å²) < 4.78 is 2.11. The van der Waals surface area contributed by atoms with Gasteiger partial charge in [0, 0.05) is 49.3 Å². The van der Waals surface area contributed by atoms with E-state index in [1.807, 2.05) is 6.92 Å². The number of nitrogens with one attached hydrogen (secondary N) is 1. The number of hydrogen-bond acceptors (Lipinski definition) is 3. The summed E-state index contributed by atoms with van der Waals surface area (Å²) in [6.07, 6.45) is 3.04. The maximum atomic E-state index is 11.4. The van der Waals surface area contributed by atoms with Crippen molar-refractivity contribution in [3.05, 3.63) is 69.3 Å². The number of aliphatic hydroxyl groups is 1. The van der Waals surface area contributed by atoms with Gasteiger partial charge >= 0.3 is 0 Å². The molecule has 1 unspecified atom stereocenters. The van der Waals surface area contributed by atoms with Crippen LogP contribution in [0.25, 0.3) is 10.9 Å². The van der Waals surface area contributed by atoms with Crippen LogP contribution < -0.4 is 5.56 Å². The number of aromatic nitrogens is 2. The minimum absolute atomic E-state index is 0.129. The van der Waals surface area contributed by atoms with Crippen molar-refractivity contribution in [1.29, 1.82) is 0 Å². The van der Waals surface area contributed by atoms with E-state index in [1.54, 1.807) is 12.3 Å². The number of aromatic amines is 1. The fourth-order valence-electron chi connectivity index (χ4n) is 4.18. The van der Waals surface area contributed by atoms with Gasteiger partial charge in [0.2, 0.25) is 5.56 Å². The van der Waals surface area contributed by atoms with Crippen LogP contribution in [0, 0.1) is 6.92 Å². The molecule has 1 atom stereocenters. The molecule has 0 radical (unpaired) electrons. The smallest absolute Gasteiger partial charge is 0.247 e. The summed E-state index contributed by atoms with van der Waals surface area (Å²) in [5, 5.41) is 12.7. The lowest BCUT2D eigenvalue weighted by Gasteiger charge is -2.31. The van der Waals surface area contributed by atoms with E-state index < -0.39 is 5.72 Å². The first-order valence-corrected chi connectivity index (χ1v) is 9.07. The molecule has 0 fully saturated rings. The molecule has 1 aliphatic rings. The average Bonchev–Trinajstić information content (AvgIpc) is 2.90. The maximum absolute atomic E-state index is 11.4. The van der Waals surface area contributed by atoms with Gasteiger partial charge in [-0.1, -0.05) is 17.7 Å². The first-order chi connectivity index (χ1) is 12.3. The van der Waals surface area contributed by atoms with E-state index in [0.29, 0.717) is 6.42 Å². The number of hydrogen-bond donors (Lipinski definition) is 2. The number of aryl methyl sites for hydroxylation is 1. The zero-order chi connectivity index (χ0) is 18.5. The first kappa shape index (κ1) is 17.1. The topological polar surface area (TPSA) is 61.3 Å². The second-order valence-corrected chi connectivity index (χ2v) is 7.72. The van der Waals surface area contributed by atoms with Gasteiger partial charge in [-0.05, 0) is 44.2 Å². The summed E-state index contributed by atoms with van der Waals surface area (Å²) in [6, 6.07) is 9.73. The zero-order valence-electron chi connectivity index (χ0n) is 15.5. The van der Waals surface area contributed by atoms with Crippen LogP contribution >= 0.6 is 0 Å². The summed E-state index contributed by atoms with van der Waals surface area (Å²) in [7, 11) is 2.14. The van der Waals surface area contributed by atoms with Crippen molar-refractivity contribution in [3.63, 3.8) is 0 Å². The number of benzene rings is 1. The van der Waals surface area contributed by atoms with Gasteiger partial charge in [0.05, 0.1) is 5.52 Å². The van der Waals surface area contributed by atoms with Gasteiger partial charge in [-0.25, -0.2) is 0 Å². The molecule has 0 saturated carbocycles. The van der Waals surface area contributed by atoms with Gasteiger partial charge in [-0.2, -0.15) is 0 Å². The molecule has 0 aliphatic carbocycles. The van der Waals surface area contributed by atoms with Gasteiger partial charge < -0.3 is 19.6 Å². The first-order valence-electron chi connectivity index (χ1n) is 9.07. The van der Waals surface area contributed by atoms with E-state index in [-0.39, 0.29) is 5.56 Å². The van der Waals surface area contributed by atoms with Crippen LogP contribution in [0.2, 0.25) is 0 Å². The van der Waals surface area contributed by atoms with E-state index >= 15 is 0 Å². The summed E-state index contributed by atoms with van der Waals surface area (Å²) in [5.41, 5.74) is 4.55. The number of pyridine rings is 1. The van der Waals surface area contributed by atoms with Crippen molar-refractivity contribution in [3.8, 4) is 0 Å². The summed E-state index contributed by atoms with van der Waals surface area (Å²) >= 11 is 0. The van der Waals surface area contributed by atoms with Crippen molar-refractivity contribution in [1.82, 2.24) is 14.5 Å². The van der Waals surface area contributed by atoms with Crippen LogP contribution in [0.3, 0.4) is 0 Å². The van der Waals surface area contributed by atoms with Gasteiger partial charge in [0.25, 0.3) is 0 Å². The summed E-state index contributed by atoms with van der Waals surface area (Å²) in [6.45, 7) is 5.85. The molecule has 26 heavy (non-hydrogen) atoms. The highest BCUT2D eigenvalue weighted by atomic mass is 16.3. The number of likely N-dealkylation sites (N-methyl/N-ethyl adjacent to an activating group) is 1. The number of fused-ring (bicyclic) bond motifs is 3. The molecule has 0 bridgehead atoms. The van der Waals surface area contributed by atoms with Crippen molar-refractivity contribution < 1.29 is 5.11 Å². The molecular formula is C21H25N3O2. The fourth-order valence-corrected chi connectivity index (χ4v) is 4.18. The maximum Gasteiger partial charge on any atom is 0.247 e. The van der Waals surface area contributed by atoms with E-state index in [1.165, 1.54) is 28.3 Å². The van der Waals surface area contributed by atoms with Crippen LogP contribution in [-0.2, 0) is 25.1 Å². The predicted octanol–water partition coefficient (Wildman–Crippen LogP) is 2.53. The Morgan fingerprint density at radius 1 is 1.27 bits per heavy atom. The molecule has 5 heteroatoms. The monoisotopic (exact) mass is 351 g/mol. The third-order valence-corrected chi connectivity index (χ3v) is 5.36. The standard InChI is InChI=1S/C21H25N3O2/c1-14-4-6-18-16(10-14)17-13-23(3)9-8-19(17)24(18)21(2,26)11-15-5-7-20(25)22-12-15/h4-7,10,12,26H,8-9,11,13H2,1-3H3,(H,22,25). The van der Waals surface area contributed by atoms with Crippen LogP contribution in [0.5, 0.6) is 0 Å². The van der Waals surface area contributed by atoms with E-state index in [9.17, 15) is 9.90 Å². The highest BCUT2D eigenvalue weighted by Gasteiger charge is 2.32. The van der Waals surface area contributed by atoms with Crippen molar-refractivity contribution in [2.24, 2.45) is 0 Å². The summed E-state index contributed by atoms with van der Waals surface area (Å²) in [4.78, 5) is 16.3. The zero-order valence-corrected chi connectivity index (χ0v) is 15.5. The predicted molar refractivity (Wildman–Crippen MR) is 103 cm³/mol. The highest BCUT2D eigenvalue weighted by molar-refractivity contribution is 5.86. The Morgan fingerprint density at radius 2 is 2.08 bits per heavy atom. The molecule has 3 heterocycles. The lowest BCUT2D eigenvalue weighted by molar-refractivity contribution is -0.0167. The molecule has 2 N–H and O–H groups in total. The molecular weight excluding hydrogens is 326 g/mol. The molecule has 0 amide bonds. The average molecular weight is 351 g/mol. The third kappa shape index (κ3) is 2.87. The highest BCUT2D eigenvalue weighted by Crippen LogP contribution is 2.36. The minimum Gasteiger partial charge on any atom is -0.370 e. The van der Waals surface area contributed by atoms with Crippen LogP contribution in [0.1, 0.15) is 29.3 Å². The van der Waals surface area contributed by atoms with Crippen molar-refractivity contribution in [2.45, 2.75) is 39.0 Å². The fraction of sp³-hybridized carbons (Fsp3) is 0.381. The molecule has 0 saturated heterocycles. The Balaban J connectivity index is 1.87.